The molecule has 1 aliphatic carbocycles. The van der Waals surface area contributed by atoms with Crippen LogP contribution in [0, 0.1) is 0 Å². The van der Waals surface area contributed by atoms with Crippen LogP contribution in [0.3, 0.4) is 0 Å². The molecule has 0 saturated carbocycles. The summed E-state index contributed by atoms with van der Waals surface area (Å²) >= 11 is 0. The van der Waals surface area contributed by atoms with E-state index in [2.05, 4.69) is 11.8 Å². The van der Waals surface area contributed by atoms with Crippen molar-refractivity contribution in [3.05, 3.63) is 65.4 Å². The summed E-state index contributed by atoms with van der Waals surface area (Å²) in [6.45, 7) is 2.99. The fourth-order valence-electron chi connectivity index (χ4n) is 3.21. The molecule has 2 unspecified atom stereocenters. The van der Waals surface area contributed by atoms with Crippen molar-refractivity contribution in [1.29, 1.82) is 0 Å². The molecule has 0 radical (unpaired) electrons. The van der Waals surface area contributed by atoms with Crippen molar-refractivity contribution in [2.24, 2.45) is 0 Å². The molecule has 3 rings (SSSR count). The highest BCUT2D eigenvalue weighted by Crippen LogP contribution is 2.43. The smallest absolute Gasteiger partial charge is 0.0363 e. The van der Waals surface area contributed by atoms with Gasteiger partial charge in [-0.1, -0.05) is 35.9 Å². The Morgan fingerprint density at radius 1 is 0.880 bits per heavy atom. The lowest BCUT2D eigenvalue weighted by atomic mass is 9.73. The second kappa shape index (κ2) is 6.81. The van der Waals surface area contributed by atoms with E-state index >= 15 is 0 Å². The van der Waals surface area contributed by atoms with Crippen molar-refractivity contribution in [2.45, 2.75) is 18.9 Å². The molecule has 0 fully saturated rings. The number of hydrogen-bond acceptors (Lipinski definition) is 4. The Kier molecular flexibility index (Phi) is 4.73. The first-order chi connectivity index (χ1) is 11.9. The van der Waals surface area contributed by atoms with Crippen LogP contribution in [0.1, 0.15) is 24.0 Å². The number of hydrogen-bond donors (Lipinski definition) is 0. The third-order valence-corrected chi connectivity index (χ3v) is 5.00. The average molecular weight is 336 g/mol. The molecule has 0 bridgehead atoms. The number of nitrogens with zero attached hydrogens (tertiary/aromatic N) is 2. The summed E-state index contributed by atoms with van der Waals surface area (Å²) in [5.41, 5.74) is 4.10. The minimum Gasteiger partial charge on any atom is -0.875 e. The molecule has 0 aliphatic heterocycles. The van der Waals surface area contributed by atoms with Gasteiger partial charge in [0.15, 0.2) is 0 Å². The highest BCUT2D eigenvalue weighted by Gasteiger charge is 2.28. The van der Waals surface area contributed by atoms with Crippen molar-refractivity contribution in [3.8, 4) is 0 Å². The van der Waals surface area contributed by atoms with Crippen LogP contribution in [-0.2, 0) is 0 Å². The second-order valence-electron chi connectivity index (χ2n) is 6.72. The largest absolute Gasteiger partial charge is 0.875 e. The Morgan fingerprint density at radius 3 is 1.92 bits per heavy atom. The Hall–Kier alpha value is -2.46. The normalized spacial score (nSPS) is 19.6. The molecule has 1 aliphatic rings. The molecule has 0 saturated heterocycles. The SMILES string of the molecule is CCN(C)c1ccc(C2C([O-])=C(c3ccc(N(C)C)cc3)C2[O-])cc1. The first-order valence-electron chi connectivity index (χ1n) is 8.59. The van der Waals surface area contributed by atoms with E-state index in [1.807, 2.05) is 74.6 Å². The van der Waals surface area contributed by atoms with Crippen molar-refractivity contribution in [1.82, 2.24) is 0 Å². The summed E-state index contributed by atoms with van der Waals surface area (Å²) in [5, 5.41) is 25.3. The Morgan fingerprint density at radius 2 is 1.44 bits per heavy atom. The van der Waals surface area contributed by atoms with Crippen LogP contribution < -0.4 is 20.0 Å². The Bertz CT molecular complexity index is 763. The topological polar surface area (TPSA) is 52.6 Å². The molecular formula is C21H24N2O2-2. The third kappa shape index (κ3) is 3.10. The van der Waals surface area contributed by atoms with Gasteiger partial charge in [0.2, 0.25) is 0 Å². The van der Waals surface area contributed by atoms with Crippen LogP contribution in [0.5, 0.6) is 0 Å². The molecule has 0 spiro atoms. The van der Waals surface area contributed by atoms with Gasteiger partial charge in [-0.2, -0.15) is 0 Å². The van der Waals surface area contributed by atoms with E-state index in [1.54, 1.807) is 0 Å². The molecule has 4 heteroatoms. The maximum atomic E-state index is 12.7. The number of rotatable bonds is 5. The molecule has 0 amide bonds. The lowest BCUT2D eigenvalue weighted by Gasteiger charge is -2.51. The zero-order valence-corrected chi connectivity index (χ0v) is 15.2. The predicted octanol–water partition coefficient (Wildman–Crippen LogP) is 1.81. The molecule has 25 heavy (non-hydrogen) atoms. The summed E-state index contributed by atoms with van der Waals surface area (Å²) in [6, 6.07) is 15.4. The highest BCUT2D eigenvalue weighted by molar-refractivity contribution is 5.79. The van der Waals surface area contributed by atoms with E-state index < -0.39 is 12.0 Å². The van der Waals surface area contributed by atoms with Gasteiger partial charge in [-0.3, -0.25) is 0 Å². The van der Waals surface area contributed by atoms with E-state index in [0.717, 1.165) is 29.0 Å². The van der Waals surface area contributed by atoms with Gasteiger partial charge in [-0.05, 0) is 48.2 Å². The standard InChI is InChI=1S/C21H25N2O2/c1-5-23(4)17-12-8-15(9-13-17)19-20(24)18(21(19)25)14-6-10-16(11-7-14)22(2)3/h6-13,19-20,25H,5H2,1-4H3/q-1/p-1. The van der Waals surface area contributed by atoms with E-state index in [1.165, 1.54) is 0 Å². The summed E-state index contributed by atoms with van der Waals surface area (Å²) in [6.07, 6.45) is -0.993. The maximum absolute atomic E-state index is 12.7. The summed E-state index contributed by atoms with van der Waals surface area (Å²) in [7, 11) is 5.94. The molecule has 0 N–H and O–H groups in total. The van der Waals surface area contributed by atoms with E-state index in [-0.39, 0.29) is 5.76 Å². The summed E-state index contributed by atoms with van der Waals surface area (Å²) in [5.74, 6) is -0.612. The van der Waals surface area contributed by atoms with Crippen LogP contribution in [0.25, 0.3) is 5.57 Å². The fourth-order valence-corrected chi connectivity index (χ4v) is 3.21. The van der Waals surface area contributed by atoms with Crippen LogP contribution in [0.2, 0.25) is 0 Å². The average Bonchev–Trinajstić information content (AvgIpc) is 2.62. The van der Waals surface area contributed by atoms with E-state index in [4.69, 9.17) is 0 Å². The molecule has 2 aromatic carbocycles. The summed E-state index contributed by atoms with van der Waals surface area (Å²) < 4.78 is 0. The van der Waals surface area contributed by atoms with Crippen molar-refractivity contribution < 1.29 is 10.2 Å². The predicted molar refractivity (Wildman–Crippen MR) is 99.6 cm³/mol. The molecule has 2 atom stereocenters. The fraction of sp³-hybridized carbons (Fsp3) is 0.333. The summed E-state index contributed by atoms with van der Waals surface area (Å²) in [4.78, 5) is 4.11. The zero-order valence-electron chi connectivity index (χ0n) is 15.2. The minimum absolute atomic E-state index is 0.0470. The van der Waals surface area contributed by atoms with Gasteiger partial charge in [0.1, 0.15) is 0 Å². The van der Waals surface area contributed by atoms with Gasteiger partial charge in [-0.15, -0.1) is 5.76 Å². The second-order valence-corrected chi connectivity index (χ2v) is 6.72. The monoisotopic (exact) mass is 336 g/mol. The number of anilines is 2. The maximum Gasteiger partial charge on any atom is 0.0363 e. The number of benzene rings is 2. The molecule has 0 aromatic heterocycles. The van der Waals surface area contributed by atoms with Crippen LogP contribution in [0.15, 0.2) is 54.3 Å². The van der Waals surface area contributed by atoms with Crippen LogP contribution in [-0.4, -0.2) is 33.8 Å². The first-order valence-corrected chi connectivity index (χ1v) is 8.59. The first kappa shape index (κ1) is 17.4. The van der Waals surface area contributed by atoms with Crippen LogP contribution in [0.4, 0.5) is 11.4 Å². The lowest BCUT2D eigenvalue weighted by molar-refractivity contribution is -0.429. The van der Waals surface area contributed by atoms with Gasteiger partial charge in [0.05, 0.1) is 0 Å². The van der Waals surface area contributed by atoms with E-state index in [9.17, 15) is 10.2 Å². The van der Waals surface area contributed by atoms with Crippen LogP contribution >= 0.6 is 0 Å². The van der Waals surface area contributed by atoms with E-state index in [0.29, 0.717) is 5.57 Å². The Labute approximate surface area is 149 Å². The van der Waals surface area contributed by atoms with Crippen molar-refractivity contribution in [3.63, 3.8) is 0 Å². The zero-order chi connectivity index (χ0) is 18.1. The lowest BCUT2D eigenvalue weighted by Crippen LogP contribution is -2.47. The van der Waals surface area contributed by atoms with Crippen molar-refractivity contribution >= 4 is 16.9 Å². The third-order valence-electron chi connectivity index (χ3n) is 5.00. The Balaban J connectivity index is 1.84. The minimum atomic E-state index is -0.993. The van der Waals surface area contributed by atoms with Gasteiger partial charge in [-0.25, -0.2) is 0 Å². The van der Waals surface area contributed by atoms with Gasteiger partial charge >= 0.3 is 0 Å². The molecule has 2 aromatic rings. The van der Waals surface area contributed by atoms with Gasteiger partial charge in [0.25, 0.3) is 0 Å². The van der Waals surface area contributed by atoms with Gasteiger partial charge < -0.3 is 20.0 Å². The molecular weight excluding hydrogens is 312 g/mol. The highest BCUT2D eigenvalue weighted by atomic mass is 16.3. The van der Waals surface area contributed by atoms with Crippen molar-refractivity contribution in [2.75, 3.05) is 37.5 Å². The van der Waals surface area contributed by atoms with Gasteiger partial charge in [0, 0.05) is 39.1 Å². The molecule has 132 valence electrons. The molecule has 0 heterocycles. The quantitative estimate of drug-likeness (QED) is 0.836. The molecule has 4 nitrogen and oxygen atoms in total.